The van der Waals surface area contributed by atoms with Crippen LogP contribution in [-0.4, -0.2) is 16.5 Å². The number of thiophene rings is 1. The first-order chi connectivity index (χ1) is 12.2. The smallest absolute Gasteiger partial charge is 0.164 e. The minimum atomic E-state index is 0.445. The highest BCUT2D eigenvalue weighted by Crippen LogP contribution is 2.29. The Balaban J connectivity index is 1.90. The van der Waals surface area contributed by atoms with Gasteiger partial charge in [0, 0.05) is 23.5 Å². The van der Waals surface area contributed by atoms with E-state index in [1.807, 2.05) is 29.6 Å². The van der Waals surface area contributed by atoms with Gasteiger partial charge in [0.2, 0.25) is 0 Å². The van der Waals surface area contributed by atoms with Crippen LogP contribution in [0.2, 0.25) is 0 Å². The van der Waals surface area contributed by atoms with Gasteiger partial charge < -0.3 is 0 Å². The number of aliphatic imine (C=N–C) groups is 1. The fraction of sp³-hybridized carbons (Fsp3) is 0.150. The molecular weight excluding hydrogens is 328 g/mol. The van der Waals surface area contributed by atoms with Crippen LogP contribution in [0, 0.1) is 0 Å². The molecule has 0 amide bonds. The Bertz CT molecular complexity index is 941. The van der Waals surface area contributed by atoms with Gasteiger partial charge in [-0.2, -0.15) is 5.10 Å². The summed E-state index contributed by atoms with van der Waals surface area (Å²) in [6.07, 6.45) is 3.57. The highest BCUT2D eigenvalue weighted by atomic mass is 32.1. The van der Waals surface area contributed by atoms with E-state index in [0.29, 0.717) is 5.92 Å². The number of rotatable bonds is 3. The van der Waals surface area contributed by atoms with Crippen LogP contribution >= 0.6 is 11.3 Å². The van der Waals surface area contributed by atoms with Gasteiger partial charge in [0.1, 0.15) is 5.71 Å². The van der Waals surface area contributed by atoms with Crippen LogP contribution in [0.1, 0.15) is 41.3 Å². The predicted molar refractivity (Wildman–Crippen MR) is 104 cm³/mol. The fourth-order valence-corrected chi connectivity index (χ4v) is 3.43. The molecule has 0 aliphatic carbocycles. The minimum absolute atomic E-state index is 0.445. The number of hydrazone groups is 1. The summed E-state index contributed by atoms with van der Waals surface area (Å²) < 4.78 is 0. The van der Waals surface area contributed by atoms with Gasteiger partial charge in [0.15, 0.2) is 5.84 Å². The molecule has 5 heteroatoms. The van der Waals surface area contributed by atoms with Crippen LogP contribution in [0.4, 0.5) is 5.69 Å². The summed E-state index contributed by atoms with van der Waals surface area (Å²) in [6, 6.07) is 14.4. The Hall–Kier alpha value is -2.79. The molecule has 0 fully saturated rings. The maximum absolute atomic E-state index is 4.84. The molecule has 25 heavy (non-hydrogen) atoms. The maximum atomic E-state index is 4.84. The summed E-state index contributed by atoms with van der Waals surface area (Å²) in [4.78, 5) is 10.0. The molecule has 4 nitrogen and oxygen atoms in total. The Morgan fingerprint density at radius 3 is 2.60 bits per heavy atom. The summed E-state index contributed by atoms with van der Waals surface area (Å²) in [5.74, 6) is 1.22. The maximum Gasteiger partial charge on any atom is 0.164 e. The summed E-state index contributed by atoms with van der Waals surface area (Å²) in [5, 5.41) is 6.73. The van der Waals surface area contributed by atoms with Crippen molar-refractivity contribution < 1.29 is 0 Å². The zero-order valence-electron chi connectivity index (χ0n) is 14.1. The highest BCUT2D eigenvalue weighted by Gasteiger charge is 2.18. The van der Waals surface area contributed by atoms with Gasteiger partial charge in [-0.1, -0.05) is 26.0 Å². The third-order valence-electron chi connectivity index (χ3n) is 4.16. The van der Waals surface area contributed by atoms with Crippen LogP contribution in [0.3, 0.4) is 0 Å². The lowest BCUT2D eigenvalue weighted by molar-refractivity contribution is 0.866. The lowest BCUT2D eigenvalue weighted by Crippen LogP contribution is -2.18. The number of amidine groups is 1. The van der Waals surface area contributed by atoms with E-state index in [2.05, 4.69) is 47.6 Å². The average Bonchev–Trinajstić information content (AvgIpc) is 3.10. The SMILES string of the molecule is CC(C)c1ccc2c(c1)C(c1ccncc1)=NNC(c1cccs1)=N2. The highest BCUT2D eigenvalue weighted by molar-refractivity contribution is 7.12. The Kier molecular flexibility index (Phi) is 4.15. The van der Waals surface area contributed by atoms with Gasteiger partial charge in [0.25, 0.3) is 0 Å². The summed E-state index contributed by atoms with van der Waals surface area (Å²) in [6.45, 7) is 4.39. The Morgan fingerprint density at radius 1 is 1.04 bits per heavy atom. The molecule has 0 spiro atoms. The lowest BCUT2D eigenvalue weighted by atomic mass is 9.95. The van der Waals surface area contributed by atoms with Gasteiger partial charge in [-0.15, -0.1) is 11.3 Å². The van der Waals surface area contributed by atoms with E-state index in [1.165, 1.54) is 5.56 Å². The number of nitrogens with one attached hydrogen (secondary N) is 1. The molecule has 4 rings (SSSR count). The Morgan fingerprint density at radius 2 is 1.88 bits per heavy atom. The lowest BCUT2D eigenvalue weighted by Gasteiger charge is -2.11. The first-order valence-electron chi connectivity index (χ1n) is 8.23. The van der Waals surface area contributed by atoms with Crippen molar-refractivity contribution in [2.24, 2.45) is 10.1 Å². The van der Waals surface area contributed by atoms with Crippen molar-refractivity contribution >= 4 is 28.6 Å². The van der Waals surface area contributed by atoms with Gasteiger partial charge >= 0.3 is 0 Å². The number of benzene rings is 1. The van der Waals surface area contributed by atoms with Crippen molar-refractivity contribution in [3.8, 4) is 0 Å². The second-order valence-corrected chi connectivity index (χ2v) is 7.12. The van der Waals surface area contributed by atoms with Crippen LogP contribution in [-0.2, 0) is 0 Å². The van der Waals surface area contributed by atoms with Crippen molar-refractivity contribution in [1.29, 1.82) is 0 Å². The quantitative estimate of drug-likeness (QED) is 0.747. The monoisotopic (exact) mass is 346 g/mol. The zero-order valence-corrected chi connectivity index (χ0v) is 14.9. The molecular formula is C20H18N4S. The summed E-state index contributed by atoms with van der Waals surface area (Å²) in [5.41, 5.74) is 8.30. The average molecular weight is 346 g/mol. The molecule has 1 aromatic carbocycles. The first-order valence-corrected chi connectivity index (χ1v) is 9.11. The molecule has 0 bridgehead atoms. The standard InChI is InChI=1S/C20H18N4S/c1-13(2)15-5-6-17-16(12-15)19(14-7-9-21-10-8-14)23-24-20(22-17)18-4-3-11-25-18/h3-13H,1-2H3,(H,22,24). The number of aromatic nitrogens is 1. The molecule has 0 saturated heterocycles. The number of pyridine rings is 1. The van der Waals surface area contributed by atoms with E-state index in [1.54, 1.807) is 23.7 Å². The van der Waals surface area contributed by atoms with E-state index < -0.39 is 0 Å². The summed E-state index contributed by atoms with van der Waals surface area (Å²) in [7, 11) is 0. The molecule has 0 saturated carbocycles. The second-order valence-electron chi connectivity index (χ2n) is 6.18. The number of nitrogens with zero attached hydrogens (tertiary/aromatic N) is 3. The number of hydrogen-bond acceptors (Lipinski definition) is 5. The van der Waals surface area contributed by atoms with Crippen molar-refractivity contribution in [3.05, 3.63) is 81.8 Å². The molecule has 0 atom stereocenters. The molecule has 3 heterocycles. The molecule has 3 aromatic rings. The van der Waals surface area contributed by atoms with Crippen molar-refractivity contribution in [3.63, 3.8) is 0 Å². The molecule has 1 N–H and O–H groups in total. The van der Waals surface area contributed by atoms with Crippen LogP contribution in [0.25, 0.3) is 0 Å². The van der Waals surface area contributed by atoms with Crippen molar-refractivity contribution in [2.45, 2.75) is 19.8 Å². The van der Waals surface area contributed by atoms with E-state index in [-0.39, 0.29) is 0 Å². The normalized spacial score (nSPS) is 13.6. The van der Waals surface area contributed by atoms with Crippen LogP contribution in [0.15, 0.2) is 70.3 Å². The van der Waals surface area contributed by atoms with E-state index >= 15 is 0 Å². The fourth-order valence-electron chi connectivity index (χ4n) is 2.77. The molecule has 124 valence electrons. The minimum Gasteiger partial charge on any atom is -0.265 e. The Labute approximate surface area is 151 Å². The van der Waals surface area contributed by atoms with Gasteiger partial charge in [-0.05, 0) is 47.2 Å². The van der Waals surface area contributed by atoms with Crippen molar-refractivity contribution in [1.82, 2.24) is 10.4 Å². The third-order valence-corrected chi connectivity index (χ3v) is 5.03. The topological polar surface area (TPSA) is 49.6 Å². The number of hydrogen-bond donors (Lipinski definition) is 1. The molecule has 0 radical (unpaired) electrons. The second kappa shape index (κ2) is 6.61. The van der Waals surface area contributed by atoms with Crippen LogP contribution < -0.4 is 5.43 Å². The van der Waals surface area contributed by atoms with E-state index in [4.69, 9.17) is 4.99 Å². The molecule has 1 aliphatic rings. The first kappa shape index (κ1) is 15.7. The van der Waals surface area contributed by atoms with Gasteiger partial charge in [0.05, 0.1) is 10.6 Å². The van der Waals surface area contributed by atoms with Crippen LogP contribution in [0.5, 0.6) is 0 Å². The zero-order chi connectivity index (χ0) is 17.2. The van der Waals surface area contributed by atoms with E-state index in [9.17, 15) is 0 Å². The molecule has 0 unspecified atom stereocenters. The molecule has 2 aromatic heterocycles. The number of fused-ring (bicyclic) bond motifs is 1. The van der Waals surface area contributed by atoms with Gasteiger partial charge in [-0.25, -0.2) is 4.99 Å². The van der Waals surface area contributed by atoms with E-state index in [0.717, 1.165) is 33.2 Å². The largest absolute Gasteiger partial charge is 0.265 e. The van der Waals surface area contributed by atoms with Gasteiger partial charge in [-0.3, -0.25) is 10.4 Å². The predicted octanol–water partition coefficient (Wildman–Crippen LogP) is 4.70. The van der Waals surface area contributed by atoms with Crippen molar-refractivity contribution in [2.75, 3.05) is 0 Å². The third kappa shape index (κ3) is 3.10. The molecule has 1 aliphatic heterocycles. The summed E-state index contributed by atoms with van der Waals surface area (Å²) >= 11 is 1.65.